The minimum absolute atomic E-state index is 0.0734. The average Bonchev–Trinajstić information content (AvgIpc) is 2.92. The monoisotopic (exact) mass is 348 g/mol. The lowest BCUT2D eigenvalue weighted by Crippen LogP contribution is -2.54. The van der Waals surface area contributed by atoms with Gasteiger partial charge in [0.15, 0.2) is 0 Å². The van der Waals surface area contributed by atoms with Gasteiger partial charge >= 0.3 is 5.97 Å². The smallest absolute Gasteiger partial charge is 0.306 e. The van der Waals surface area contributed by atoms with Crippen LogP contribution < -0.4 is 0 Å². The molecule has 0 aliphatic heterocycles. The first-order valence-electron chi connectivity index (χ1n) is 10.7. The summed E-state index contributed by atoms with van der Waals surface area (Å²) in [6.45, 7) is 6.88. The van der Waals surface area contributed by atoms with Gasteiger partial charge in [0, 0.05) is 0 Å². The highest BCUT2D eigenvalue weighted by atomic mass is 16.4. The number of aliphatic hydroxyl groups is 1. The largest absolute Gasteiger partial charge is 0.481 e. The third-order valence-electron chi connectivity index (χ3n) is 9.70. The van der Waals surface area contributed by atoms with E-state index < -0.39 is 5.97 Å². The van der Waals surface area contributed by atoms with Gasteiger partial charge in [-0.25, -0.2) is 0 Å². The van der Waals surface area contributed by atoms with Crippen molar-refractivity contribution < 1.29 is 15.0 Å². The molecule has 2 N–H and O–H groups in total. The van der Waals surface area contributed by atoms with Crippen molar-refractivity contribution in [1.29, 1.82) is 0 Å². The zero-order chi connectivity index (χ0) is 18.0. The first-order valence-corrected chi connectivity index (χ1v) is 10.7. The van der Waals surface area contributed by atoms with Crippen LogP contribution in [0.5, 0.6) is 0 Å². The maximum absolute atomic E-state index is 11.6. The van der Waals surface area contributed by atoms with E-state index in [4.69, 9.17) is 0 Å². The first-order chi connectivity index (χ1) is 11.8. The molecule has 0 radical (unpaired) electrons. The maximum Gasteiger partial charge on any atom is 0.306 e. The lowest BCUT2D eigenvalue weighted by molar-refractivity contribution is -0.149. The normalized spacial score (nSPS) is 53.4. The number of aliphatic carboxylic acids is 1. The van der Waals surface area contributed by atoms with Crippen LogP contribution in [0.3, 0.4) is 0 Å². The molecule has 0 spiro atoms. The maximum atomic E-state index is 11.6. The highest BCUT2D eigenvalue weighted by molar-refractivity contribution is 5.70. The third kappa shape index (κ3) is 2.51. The van der Waals surface area contributed by atoms with Crippen molar-refractivity contribution >= 4 is 5.97 Å². The Bertz CT molecular complexity index is 545. The van der Waals surface area contributed by atoms with Gasteiger partial charge in [0.1, 0.15) is 0 Å². The summed E-state index contributed by atoms with van der Waals surface area (Å²) in [5.41, 5.74) is 0.649. The summed E-state index contributed by atoms with van der Waals surface area (Å²) in [6.07, 6.45) is 10.5. The summed E-state index contributed by atoms with van der Waals surface area (Å²) in [4.78, 5) is 11.6. The Morgan fingerprint density at radius 1 is 0.960 bits per heavy atom. The van der Waals surface area contributed by atoms with Gasteiger partial charge < -0.3 is 10.2 Å². The van der Waals surface area contributed by atoms with Crippen molar-refractivity contribution in [3.63, 3.8) is 0 Å². The van der Waals surface area contributed by atoms with Crippen molar-refractivity contribution in [1.82, 2.24) is 0 Å². The van der Waals surface area contributed by atoms with E-state index in [0.29, 0.717) is 17.3 Å². The van der Waals surface area contributed by atoms with Crippen LogP contribution in [0.25, 0.3) is 0 Å². The van der Waals surface area contributed by atoms with E-state index in [0.717, 1.165) is 37.0 Å². The lowest BCUT2D eigenvalue weighted by atomic mass is 9.44. The van der Waals surface area contributed by atoms with E-state index in [2.05, 4.69) is 13.8 Å². The zero-order valence-corrected chi connectivity index (χ0v) is 16.2. The van der Waals surface area contributed by atoms with Gasteiger partial charge in [-0.2, -0.15) is 0 Å². The van der Waals surface area contributed by atoms with Crippen molar-refractivity contribution in [2.24, 2.45) is 46.3 Å². The summed E-state index contributed by atoms with van der Waals surface area (Å²) in [7, 11) is 0. The van der Waals surface area contributed by atoms with E-state index in [-0.39, 0.29) is 17.4 Å². The molecule has 142 valence electrons. The average molecular weight is 349 g/mol. The molecule has 4 aliphatic carbocycles. The molecule has 0 bridgehead atoms. The molecule has 0 heterocycles. The summed E-state index contributed by atoms with van der Waals surface area (Å²) in [5.74, 6) is 2.57. The molecular formula is C22H36O3. The fourth-order valence-corrected chi connectivity index (χ4v) is 8.27. The fraction of sp³-hybridized carbons (Fsp3) is 0.955. The van der Waals surface area contributed by atoms with E-state index in [1.165, 1.54) is 38.5 Å². The molecule has 3 nitrogen and oxygen atoms in total. The van der Waals surface area contributed by atoms with E-state index in [1.807, 2.05) is 6.92 Å². The Balaban J connectivity index is 1.59. The van der Waals surface area contributed by atoms with E-state index in [1.54, 1.807) is 0 Å². The Hall–Kier alpha value is -0.570. The molecule has 0 aromatic carbocycles. The third-order valence-corrected chi connectivity index (χ3v) is 9.70. The van der Waals surface area contributed by atoms with Gasteiger partial charge in [-0.05, 0) is 98.2 Å². The lowest BCUT2D eigenvalue weighted by Gasteiger charge is -2.61. The van der Waals surface area contributed by atoms with Gasteiger partial charge in [0.2, 0.25) is 0 Å². The number of carboxylic acids is 1. The van der Waals surface area contributed by atoms with Crippen LogP contribution in [0, 0.1) is 46.3 Å². The van der Waals surface area contributed by atoms with Gasteiger partial charge in [-0.1, -0.05) is 20.8 Å². The summed E-state index contributed by atoms with van der Waals surface area (Å²) >= 11 is 0. The predicted molar refractivity (Wildman–Crippen MR) is 98.0 cm³/mol. The first kappa shape index (κ1) is 17.8. The van der Waals surface area contributed by atoms with E-state index in [9.17, 15) is 15.0 Å². The molecule has 9 atom stereocenters. The van der Waals surface area contributed by atoms with Crippen LogP contribution in [0.15, 0.2) is 0 Å². The predicted octanol–water partition coefficient (Wildman–Crippen LogP) is 4.73. The Morgan fingerprint density at radius 3 is 2.36 bits per heavy atom. The second kappa shape index (κ2) is 5.97. The minimum atomic E-state index is -0.606. The molecule has 0 aromatic heterocycles. The van der Waals surface area contributed by atoms with Crippen LogP contribution in [-0.4, -0.2) is 22.3 Å². The standard InChI is InChI=1S/C22H36O3/c1-13(20(24)25)17-6-7-18-16-5-4-14-12-15(23)8-10-21(14,2)19(16)9-11-22(17,18)3/h13-19,23H,4-12H2,1-3H3,(H,24,25)/t13?,14?,15-,16+,17-,18+,19+,21+,22-/m1/s1. The molecule has 0 aromatic rings. The number of carbonyl (C=O) groups is 1. The van der Waals surface area contributed by atoms with Crippen LogP contribution in [0.2, 0.25) is 0 Å². The highest BCUT2D eigenvalue weighted by Gasteiger charge is 2.61. The Kier molecular flexibility index (Phi) is 4.26. The number of hydrogen-bond donors (Lipinski definition) is 2. The van der Waals surface area contributed by atoms with Crippen LogP contribution in [-0.2, 0) is 4.79 Å². The van der Waals surface area contributed by atoms with Gasteiger partial charge in [0.25, 0.3) is 0 Å². The van der Waals surface area contributed by atoms with Gasteiger partial charge in [-0.15, -0.1) is 0 Å². The number of hydrogen-bond acceptors (Lipinski definition) is 2. The highest BCUT2D eigenvalue weighted by Crippen LogP contribution is 2.68. The van der Waals surface area contributed by atoms with E-state index >= 15 is 0 Å². The van der Waals surface area contributed by atoms with Crippen LogP contribution in [0.4, 0.5) is 0 Å². The SMILES string of the molecule is CC(C(=O)O)[C@H]1CC[C@H]2[C@@H]3CCC4C[C@H](O)CC[C@]4(C)[C@H]3CC[C@]12C. The fourth-order valence-electron chi connectivity index (χ4n) is 8.27. The van der Waals surface area contributed by atoms with Crippen LogP contribution in [0.1, 0.15) is 78.6 Å². The van der Waals surface area contributed by atoms with Gasteiger partial charge in [0.05, 0.1) is 12.0 Å². The minimum Gasteiger partial charge on any atom is -0.481 e. The quantitative estimate of drug-likeness (QED) is 0.758. The van der Waals surface area contributed by atoms with Gasteiger partial charge in [-0.3, -0.25) is 4.79 Å². The molecule has 3 heteroatoms. The zero-order valence-electron chi connectivity index (χ0n) is 16.2. The van der Waals surface area contributed by atoms with Crippen molar-refractivity contribution in [2.75, 3.05) is 0 Å². The van der Waals surface area contributed by atoms with Crippen molar-refractivity contribution in [2.45, 2.75) is 84.7 Å². The Morgan fingerprint density at radius 2 is 1.64 bits per heavy atom. The number of carboxylic acid groups (broad SMARTS) is 1. The molecule has 25 heavy (non-hydrogen) atoms. The second-order valence-corrected chi connectivity index (χ2v) is 10.4. The van der Waals surface area contributed by atoms with Crippen molar-refractivity contribution in [3.05, 3.63) is 0 Å². The molecule has 4 fully saturated rings. The van der Waals surface area contributed by atoms with Crippen LogP contribution >= 0.6 is 0 Å². The molecule has 4 saturated carbocycles. The summed E-state index contributed by atoms with van der Waals surface area (Å²) in [5, 5.41) is 19.7. The molecular weight excluding hydrogens is 312 g/mol. The second-order valence-electron chi connectivity index (χ2n) is 10.4. The topological polar surface area (TPSA) is 57.5 Å². The Labute approximate surface area is 152 Å². The number of fused-ring (bicyclic) bond motifs is 5. The summed E-state index contributed by atoms with van der Waals surface area (Å²) in [6, 6.07) is 0. The number of rotatable bonds is 2. The molecule has 0 saturated heterocycles. The molecule has 4 rings (SSSR count). The molecule has 0 amide bonds. The number of aliphatic hydroxyl groups excluding tert-OH is 1. The molecule has 4 aliphatic rings. The van der Waals surface area contributed by atoms with Crippen molar-refractivity contribution in [3.8, 4) is 0 Å². The summed E-state index contributed by atoms with van der Waals surface area (Å²) < 4.78 is 0. The molecule has 2 unspecified atom stereocenters.